The maximum Gasteiger partial charge on any atom is 0.263 e. The van der Waals surface area contributed by atoms with Gasteiger partial charge in [0.2, 0.25) is 0 Å². The van der Waals surface area contributed by atoms with Crippen LogP contribution in [0, 0.1) is 11.6 Å². The van der Waals surface area contributed by atoms with Gasteiger partial charge in [0.1, 0.15) is 16.5 Å². The zero-order valence-corrected chi connectivity index (χ0v) is 15.7. The minimum atomic E-state index is -4.13. The average Bonchev–Trinajstić information content (AvgIpc) is 3.23. The van der Waals surface area contributed by atoms with E-state index in [0.29, 0.717) is 17.0 Å². The first-order valence-corrected chi connectivity index (χ1v) is 10.1. The Morgan fingerprint density at radius 2 is 1.66 bits per heavy atom. The normalized spacial score (nSPS) is 11.4. The third-order valence-corrected chi connectivity index (χ3v) is 5.64. The van der Waals surface area contributed by atoms with Gasteiger partial charge >= 0.3 is 0 Å². The van der Waals surface area contributed by atoms with E-state index in [1.807, 2.05) is 0 Å². The number of rotatable bonds is 5. The Hall–Kier alpha value is -3.52. The number of aromatic nitrogens is 2. The Morgan fingerprint density at radius 1 is 0.897 bits per heavy atom. The molecule has 0 bridgehead atoms. The lowest BCUT2D eigenvalue weighted by Crippen LogP contribution is -2.13. The Morgan fingerprint density at radius 3 is 2.38 bits per heavy atom. The van der Waals surface area contributed by atoms with Crippen molar-refractivity contribution in [3.63, 3.8) is 0 Å². The first kappa shape index (κ1) is 18.8. The minimum Gasteiger partial charge on any atom is -0.359 e. The molecule has 0 aliphatic rings. The second kappa shape index (κ2) is 7.48. The predicted molar refractivity (Wildman–Crippen MR) is 107 cm³/mol. The zero-order chi connectivity index (χ0) is 20.4. The van der Waals surface area contributed by atoms with E-state index in [9.17, 15) is 17.2 Å². The number of H-pyrrole nitrogens is 1. The molecule has 0 spiro atoms. The highest BCUT2D eigenvalue weighted by atomic mass is 32.2. The highest BCUT2D eigenvalue weighted by molar-refractivity contribution is 7.92. The molecule has 0 atom stereocenters. The molecule has 29 heavy (non-hydrogen) atoms. The van der Waals surface area contributed by atoms with Crippen molar-refractivity contribution in [2.24, 2.45) is 0 Å². The molecule has 0 aliphatic heterocycles. The number of aromatic amines is 1. The molecule has 2 aromatic heterocycles. The summed E-state index contributed by atoms with van der Waals surface area (Å²) in [5.41, 5.74) is 1.10. The monoisotopic (exact) mass is 411 g/mol. The van der Waals surface area contributed by atoms with Crippen LogP contribution in [0.1, 0.15) is 0 Å². The summed E-state index contributed by atoms with van der Waals surface area (Å²) in [5, 5.41) is 0. The molecule has 0 unspecified atom stereocenters. The lowest BCUT2D eigenvalue weighted by Gasteiger charge is -2.10. The van der Waals surface area contributed by atoms with Gasteiger partial charge < -0.3 is 4.98 Å². The molecule has 4 aromatic rings. The summed E-state index contributed by atoms with van der Waals surface area (Å²) in [4.78, 5) is 6.84. The van der Waals surface area contributed by atoms with E-state index in [1.165, 1.54) is 12.3 Å². The summed E-state index contributed by atoms with van der Waals surface area (Å²) in [7, 11) is -4.13. The van der Waals surface area contributed by atoms with Crippen LogP contribution in [0.25, 0.3) is 22.5 Å². The van der Waals surface area contributed by atoms with Crippen LogP contribution in [0.4, 0.5) is 14.5 Å². The number of hydrogen-bond acceptors (Lipinski definition) is 3. The van der Waals surface area contributed by atoms with Crippen LogP contribution >= 0.6 is 0 Å². The van der Waals surface area contributed by atoms with E-state index in [1.54, 1.807) is 54.7 Å². The second-order valence-corrected chi connectivity index (χ2v) is 7.93. The number of anilines is 1. The van der Waals surface area contributed by atoms with Crippen LogP contribution in [0.2, 0.25) is 0 Å². The molecule has 4 rings (SSSR count). The van der Waals surface area contributed by atoms with Crippen LogP contribution < -0.4 is 4.72 Å². The third-order valence-electron chi connectivity index (χ3n) is 4.29. The lowest BCUT2D eigenvalue weighted by atomic mass is 10.0. The van der Waals surface area contributed by atoms with Gasteiger partial charge in [-0.25, -0.2) is 17.2 Å². The fourth-order valence-electron chi connectivity index (χ4n) is 2.87. The molecule has 0 saturated carbocycles. The fourth-order valence-corrected chi connectivity index (χ4v) is 3.92. The van der Waals surface area contributed by atoms with Crippen molar-refractivity contribution in [3.05, 3.63) is 90.8 Å². The highest BCUT2D eigenvalue weighted by Gasteiger charge is 2.20. The van der Waals surface area contributed by atoms with Gasteiger partial charge in [-0.3, -0.25) is 9.71 Å². The van der Waals surface area contributed by atoms with Crippen LogP contribution in [0.5, 0.6) is 0 Å². The molecule has 2 aromatic carbocycles. The fraction of sp³-hybridized carbons (Fsp3) is 0. The van der Waals surface area contributed by atoms with Gasteiger partial charge in [-0.1, -0.05) is 36.4 Å². The maximum atomic E-state index is 14.5. The molecule has 0 saturated heterocycles. The van der Waals surface area contributed by atoms with Crippen molar-refractivity contribution < 1.29 is 17.2 Å². The first-order chi connectivity index (χ1) is 13.9. The Balaban J connectivity index is 1.64. The summed E-state index contributed by atoms with van der Waals surface area (Å²) in [6.07, 6.45) is 2.84. The van der Waals surface area contributed by atoms with Crippen molar-refractivity contribution >= 4 is 15.7 Å². The molecule has 8 heteroatoms. The SMILES string of the molecule is O=S(=O)(Nc1cc(F)c(-c2ccccc2)cc1F)c1c[nH]c(-c2ccccn2)c1. The minimum absolute atomic E-state index is 0.0464. The van der Waals surface area contributed by atoms with Gasteiger partial charge in [-0.2, -0.15) is 0 Å². The first-order valence-electron chi connectivity index (χ1n) is 8.61. The summed E-state index contributed by atoms with van der Waals surface area (Å²) in [6, 6.07) is 16.8. The van der Waals surface area contributed by atoms with E-state index >= 15 is 0 Å². The van der Waals surface area contributed by atoms with E-state index in [0.717, 1.165) is 12.1 Å². The number of hydrogen-bond donors (Lipinski definition) is 2. The quantitative estimate of drug-likeness (QED) is 0.494. The highest BCUT2D eigenvalue weighted by Crippen LogP contribution is 2.29. The van der Waals surface area contributed by atoms with Crippen molar-refractivity contribution in [2.75, 3.05) is 4.72 Å². The molecule has 5 nitrogen and oxygen atoms in total. The van der Waals surface area contributed by atoms with Crippen LogP contribution in [0.3, 0.4) is 0 Å². The average molecular weight is 411 g/mol. The molecule has 0 radical (unpaired) electrons. The lowest BCUT2D eigenvalue weighted by molar-refractivity contribution is 0.595. The molecule has 2 heterocycles. The van der Waals surface area contributed by atoms with Gasteiger partial charge in [-0.15, -0.1) is 0 Å². The summed E-state index contributed by atoms with van der Waals surface area (Å²) >= 11 is 0. The van der Waals surface area contributed by atoms with Gasteiger partial charge in [0.25, 0.3) is 10.0 Å². The molecule has 0 aliphatic carbocycles. The van der Waals surface area contributed by atoms with Crippen molar-refractivity contribution in [2.45, 2.75) is 4.90 Å². The van der Waals surface area contributed by atoms with E-state index in [4.69, 9.17) is 0 Å². The number of pyridine rings is 1. The van der Waals surface area contributed by atoms with E-state index in [2.05, 4.69) is 14.7 Å². The van der Waals surface area contributed by atoms with Crippen LogP contribution in [-0.4, -0.2) is 18.4 Å². The standard InChI is InChI=1S/C21H15F2N3O2S/c22-17-12-20(18(23)11-16(17)14-6-2-1-3-7-14)26-29(27,28)15-10-21(25-13-15)19-8-4-5-9-24-19/h1-13,25-26H. The molecule has 146 valence electrons. The number of nitrogens with zero attached hydrogens (tertiary/aromatic N) is 1. The number of nitrogens with one attached hydrogen (secondary N) is 2. The smallest absolute Gasteiger partial charge is 0.263 e. The Bertz CT molecular complexity index is 1260. The Kier molecular flexibility index (Phi) is 4.85. The molecular formula is C21H15F2N3O2S. The summed E-state index contributed by atoms with van der Waals surface area (Å²) < 4.78 is 56.4. The van der Waals surface area contributed by atoms with Crippen LogP contribution in [0.15, 0.2) is 84.0 Å². The molecule has 0 amide bonds. The van der Waals surface area contributed by atoms with Gasteiger partial charge in [0.05, 0.1) is 17.1 Å². The van der Waals surface area contributed by atoms with E-state index < -0.39 is 27.3 Å². The summed E-state index contributed by atoms with van der Waals surface area (Å²) in [5.74, 6) is -1.62. The van der Waals surface area contributed by atoms with Gasteiger partial charge in [0.15, 0.2) is 0 Å². The Labute approximate surface area is 166 Å². The van der Waals surface area contributed by atoms with Gasteiger partial charge in [0, 0.05) is 24.0 Å². The van der Waals surface area contributed by atoms with Crippen LogP contribution in [-0.2, 0) is 10.0 Å². The second-order valence-electron chi connectivity index (χ2n) is 6.25. The molecule has 2 N–H and O–H groups in total. The number of benzene rings is 2. The van der Waals surface area contributed by atoms with Crippen molar-refractivity contribution in [3.8, 4) is 22.5 Å². The van der Waals surface area contributed by atoms with E-state index in [-0.39, 0.29) is 10.5 Å². The van der Waals surface area contributed by atoms with Crippen molar-refractivity contribution in [1.29, 1.82) is 0 Å². The maximum absolute atomic E-state index is 14.5. The van der Waals surface area contributed by atoms with Gasteiger partial charge in [-0.05, 0) is 29.8 Å². The predicted octanol–water partition coefficient (Wildman–Crippen LogP) is 4.82. The molecule has 0 fully saturated rings. The zero-order valence-electron chi connectivity index (χ0n) is 14.9. The molecular weight excluding hydrogens is 396 g/mol. The van der Waals surface area contributed by atoms with Crippen molar-refractivity contribution in [1.82, 2.24) is 9.97 Å². The topological polar surface area (TPSA) is 74.8 Å². The number of sulfonamides is 1. The largest absolute Gasteiger partial charge is 0.359 e. The summed E-state index contributed by atoms with van der Waals surface area (Å²) in [6.45, 7) is 0. The third kappa shape index (κ3) is 3.88. The number of halogens is 2.